The second kappa shape index (κ2) is 6.17. The Morgan fingerprint density at radius 1 is 1.18 bits per heavy atom. The summed E-state index contributed by atoms with van der Waals surface area (Å²) in [5, 5.41) is 10.2. The van der Waals surface area contributed by atoms with Crippen LogP contribution in [0.2, 0.25) is 0 Å². The minimum Gasteiger partial charge on any atom is -0.458 e. The van der Waals surface area contributed by atoms with Crippen LogP contribution in [0.1, 0.15) is 65.7 Å². The van der Waals surface area contributed by atoms with Gasteiger partial charge in [0.1, 0.15) is 6.61 Å². The fourth-order valence-electron chi connectivity index (χ4n) is 8.48. The fraction of sp³-hybridized carbons (Fsp3) is 0.833. The van der Waals surface area contributed by atoms with Crippen LogP contribution < -0.4 is 0 Å². The number of hydrogen-bond acceptors (Lipinski definition) is 4. The van der Waals surface area contributed by atoms with Gasteiger partial charge in [-0.2, -0.15) is 0 Å². The first kappa shape index (κ1) is 18.8. The summed E-state index contributed by atoms with van der Waals surface area (Å²) in [5.41, 5.74) is 1.82. The molecule has 0 aromatic rings. The molecule has 5 aliphatic rings. The van der Waals surface area contributed by atoms with Crippen LogP contribution in [0.15, 0.2) is 11.6 Å². The van der Waals surface area contributed by atoms with Gasteiger partial charge in [0.25, 0.3) is 0 Å². The average Bonchev–Trinajstić information content (AvgIpc) is 3.34. The van der Waals surface area contributed by atoms with Crippen LogP contribution in [0, 0.1) is 46.3 Å². The van der Waals surface area contributed by atoms with Crippen molar-refractivity contribution in [1.29, 1.82) is 0 Å². The van der Waals surface area contributed by atoms with E-state index in [9.17, 15) is 14.7 Å². The van der Waals surface area contributed by atoms with Gasteiger partial charge in [0.2, 0.25) is 0 Å². The molecular formula is C24H34O4. The first-order valence-electron chi connectivity index (χ1n) is 11.3. The molecule has 0 spiro atoms. The van der Waals surface area contributed by atoms with Crippen molar-refractivity contribution in [2.45, 2.75) is 71.8 Å². The third-order valence-corrected chi connectivity index (χ3v) is 9.63. The molecule has 0 radical (unpaired) electrons. The van der Waals surface area contributed by atoms with Crippen LogP contribution in [0.5, 0.6) is 0 Å². The summed E-state index contributed by atoms with van der Waals surface area (Å²) in [6, 6.07) is 0. The normalized spacial score (nSPS) is 51.1. The predicted octanol–water partition coefficient (Wildman–Crippen LogP) is 3.91. The number of aliphatic hydroxyl groups is 1. The average molecular weight is 387 g/mol. The minimum absolute atomic E-state index is 0.0424. The Labute approximate surface area is 168 Å². The highest BCUT2D eigenvalue weighted by Crippen LogP contribution is 2.75. The Bertz CT molecular complexity index is 741. The Balaban J connectivity index is 1.42. The van der Waals surface area contributed by atoms with Crippen molar-refractivity contribution < 1.29 is 19.4 Å². The predicted molar refractivity (Wildman–Crippen MR) is 105 cm³/mol. The van der Waals surface area contributed by atoms with Crippen LogP contribution in [0.4, 0.5) is 0 Å². The first-order valence-corrected chi connectivity index (χ1v) is 11.3. The lowest BCUT2D eigenvalue weighted by atomic mass is 9.46. The first-order chi connectivity index (χ1) is 13.3. The lowest BCUT2D eigenvalue weighted by Gasteiger charge is -2.58. The highest BCUT2D eigenvalue weighted by Gasteiger charge is 2.71. The van der Waals surface area contributed by atoms with Gasteiger partial charge in [-0.15, -0.1) is 0 Å². The maximum atomic E-state index is 13.0. The molecule has 0 saturated heterocycles. The largest absolute Gasteiger partial charge is 0.458 e. The van der Waals surface area contributed by atoms with E-state index in [2.05, 4.69) is 19.9 Å². The number of Topliss-reactive ketones (excluding diaryl/α,β-unsaturated/α-hetero) is 1. The number of esters is 1. The van der Waals surface area contributed by atoms with Crippen molar-refractivity contribution >= 4 is 11.8 Å². The van der Waals surface area contributed by atoms with Gasteiger partial charge in [-0.1, -0.05) is 25.5 Å². The molecule has 28 heavy (non-hydrogen) atoms. The number of rotatable bonds is 3. The molecular weight excluding hydrogens is 352 g/mol. The van der Waals surface area contributed by atoms with Gasteiger partial charge in [0.05, 0.1) is 6.10 Å². The lowest BCUT2D eigenvalue weighted by molar-refractivity contribution is -0.150. The zero-order valence-corrected chi connectivity index (χ0v) is 17.4. The van der Waals surface area contributed by atoms with E-state index < -0.39 is 0 Å². The van der Waals surface area contributed by atoms with Crippen LogP contribution in [0.25, 0.3) is 0 Å². The molecule has 9 atom stereocenters. The molecule has 0 bridgehead atoms. The van der Waals surface area contributed by atoms with E-state index in [0.717, 1.165) is 32.1 Å². The molecule has 5 aliphatic carbocycles. The van der Waals surface area contributed by atoms with E-state index in [4.69, 9.17) is 4.74 Å². The number of carbonyl (C=O) groups is 2. The van der Waals surface area contributed by atoms with Gasteiger partial charge >= 0.3 is 5.97 Å². The second-order valence-electron chi connectivity index (χ2n) is 10.9. The summed E-state index contributed by atoms with van der Waals surface area (Å²) in [6.45, 7) is 6.15. The van der Waals surface area contributed by atoms with Gasteiger partial charge in [-0.05, 0) is 85.4 Å². The van der Waals surface area contributed by atoms with E-state index in [1.807, 2.05) is 0 Å². The number of carbonyl (C=O) groups excluding carboxylic acids is 2. The van der Waals surface area contributed by atoms with Gasteiger partial charge in [0, 0.05) is 12.8 Å². The van der Waals surface area contributed by atoms with Crippen LogP contribution in [-0.2, 0) is 14.3 Å². The van der Waals surface area contributed by atoms with Crippen LogP contribution >= 0.6 is 0 Å². The Kier molecular flexibility index (Phi) is 4.15. The monoisotopic (exact) mass is 386 g/mol. The summed E-state index contributed by atoms with van der Waals surface area (Å²) in [5.74, 6) is 3.08. The van der Waals surface area contributed by atoms with E-state index in [0.29, 0.717) is 29.6 Å². The lowest BCUT2D eigenvalue weighted by Crippen LogP contribution is -2.52. The standard InChI is InChI=1S/C24H34O4/c1-13(25)28-12-20(27)22-18-11-17(18)21-16-5-4-14-10-15(26)6-8-23(14,2)19(16)7-9-24(21,22)3/h4,15-19,21-22,26H,5-12H2,1-3H3/t15-,16+,17-,18+,19-,21+,22+,23-,24-/m0/s1. The number of ether oxygens (including phenoxy) is 1. The summed E-state index contributed by atoms with van der Waals surface area (Å²) in [6.07, 6.45) is 9.81. The highest BCUT2D eigenvalue weighted by atomic mass is 16.5. The van der Waals surface area contributed by atoms with Crippen LogP contribution in [0.3, 0.4) is 0 Å². The van der Waals surface area contributed by atoms with Gasteiger partial charge in [-0.25, -0.2) is 0 Å². The van der Waals surface area contributed by atoms with E-state index in [-0.39, 0.29) is 41.2 Å². The van der Waals surface area contributed by atoms with Crippen molar-refractivity contribution in [1.82, 2.24) is 0 Å². The van der Waals surface area contributed by atoms with Crippen LogP contribution in [-0.4, -0.2) is 29.6 Å². The molecule has 5 rings (SSSR count). The second-order valence-corrected chi connectivity index (χ2v) is 10.9. The molecule has 0 aromatic carbocycles. The molecule has 4 fully saturated rings. The number of ketones is 1. The van der Waals surface area contributed by atoms with Crippen molar-refractivity contribution in [3.05, 3.63) is 11.6 Å². The van der Waals surface area contributed by atoms with Crippen molar-refractivity contribution in [3.63, 3.8) is 0 Å². The zero-order valence-electron chi connectivity index (χ0n) is 17.4. The Morgan fingerprint density at radius 3 is 2.71 bits per heavy atom. The van der Waals surface area contributed by atoms with E-state index in [1.165, 1.54) is 25.3 Å². The molecule has 1 N–H and O–H groups in total. The minimum atomic E-state index is -0.360. The summed E-state index contributed by atoms with van der Waals surface area (Å²) < 4.78 is 5.09. The number of aliphatic hydroxyl groups excluding tert-OH is 1. The maximum absolute atomic E-state index is 13.0. The molecule has 4 saturated carbocycles. The Morgan fingerprint density at radius 2 is 1.96 bits per heavy atom. The van der Waals surface area contributed by atoms with Crippen molar-refractivity contribution in [2.24, 2.45) is 46.3 Å². The molecule has 0 aromatic heterocycles. The molecule has 154 valence electrons. The Hall–Kier alpha value is -1.16. The maximum Gasteiger partial charge on any atom is 0.303 e. The molecule has 4 nitrogen and oxygen atoms in total. The fourth-order valence-corrected chi connectivity index (χ4v) is 8.48. The smallest absolute Gasteiger partial charge is 0.303 e. The summed E-state index contributed by atoms with van der Waals surface area (Å²) >= 11 is 0. The molecule has 0 amide bonds. The quantitative estimate of drug-likeness (QED) is 0.590. The third-order valence-electron chi connectivity index (χ3n) is 9.63. The molecule has 0 heterocycles. The van der Waals surface area contributed by atoms with Crippen molar-refractivity contribution in [2.75, 3.05) is 6.61 Å². The summed E-state index contributed by atoms with van der Waals surface area (Å²) in [7, 11) is 0. The van der Waals surface area contributed by atoms with Gasteiger partial charge in [-0.3, -0.25) is 9.59 Å². The summed E-state index contributed by atoms with van der Waals surface area (Å²) in [4.78, 5) is 24.2. The highest BCUT2D eigenvalue weighted by molar-refractivity contribution is 5.86. The SMILES string of the molecule is CC(=O)OCC(=O)[C@H]1[C@@H]2C[C@@H]2[C@H]2[C@@H]3CC=C4C[C@@H](O)CC[C@]4(C)[C@H]3CC[C@@]21C. The number of hydrogen-bond donors (Lipinski definition) is 1. The molecule has 0 unspecified atom stereocenters. The number of allylic oxidation sites excluding steroid dienone is 1. The zero-order chi connectivity index (χ0) is 19.8. The van der Waals surface area contributed by atoms with E-state index >= 15 is 0 Å². The number of fused-ring (bicyclic) bond motifs is 7. The molecule has 4 heteroatoms. The van der Waals surface area contributed by atoms with Gasteiger partial charge < -0.3 is 9.84 Å². The van der Waals surface area contributed by atoms with Crippen molar-refractivity contribution in [3.8, 4) is 0 Å². The van der Waals surface area contributed by atoms with Gasteiger partial charge in [0.15, 0.2) is 5.78 Å². The topological polar surface area (TPSA) is 63.6 Å². The third kappa shape index (κ3) is 2.52. The molecule has 0 aliphatic heterocycles. The van der Waals surface area contributed by atoms with E-state index in [1.54, 1.807) is 0 Å².